The van der Waals surface area contributed by atoms with Crippen LogP contribution in [-0.4, -0.2) is 25.1 Å². The highest BCUT2D eigenvalue weighted by molar-refractivity contribution is 6.43. The molecule has 0 radical (unpaired) electrons. The molecular formula is C18H16Cl3NO4. The minimum Gasteiger partial charge on any atom is -0.480 e. The van der Waals surface area contributed by atoms with Gasteiger partial charge in [0.1, 0.15) is 5.75 Å². The number of benzene rings is 2. The van der Waals surface area contributed by atoms with Gasteiger partial charge in [0.05, 0.1) is 15.1 Å². The number of hydrogen-bond donors (Lipinski definition) is 1. The molecule has 0 aromatic heterocycles. The molecule has 0 bridgehead atoms. The second kappa shape index (κ2) is 9.12. The van der Waals surface area contributed by atoms with E-state index in [0.717, 1.165) is 11.1 Å². The predicted molar refractivity (Wildman–Crippen MR) is 102 cm³/mol. The predicted octanol–water partition coefficient (Wildman–Crippen LogP) is 4.82. The molecule has 138 valence electrons. The zero-order valence-electron chi connectivity index (χ0n) is 14.1. The lowest BCUT2D eigenvalue weighted by Gasteiger charge is -2.12. The van der Waals surface area contributed by atoms with Crippen LogP contribution >= 0.6 is 34.8 Å². The Morgan fingerprint density at radius 2 is 1.58 bits per heavy atom. The van der Waals surface area contributed by atoms with Crippen LogP contribution in [0.25, 0.3) is 0 Å². The van der Waals surface area contributed by atoms with Crippen LogP contribution in [0.1, 0.15) is 11.1 Å². The third-order valence-electron chi connectivity index (χ3n) is 3.43. The molecule has 0 fully saturated rings. The van der Waals surface area contributed by atoms with E-state index in [2.05, 4.69) is 5.32 Å². The van der Waals surface area contributed by atoms with Crippen molar-refractivity contribution in [2.75, 3.05) is 18.5 Å². The molecule has 0 aliphatic carbocycles. The summed E-state index contributed by atoms with van der Waals surface area (Å²) in [6.45, 7) is 2.91. The number of carbonyl (C=O) groups is 2. The van der Waals surface area contributed by atoms with Crippen molar-refractivity contribution in [2.45, 2.75) is 13.8 Å². The van der Waals surface area contributed by atoms with Crippen molar-refractivity contribution < 1.29 is 19.1 Å². The van der Waals surface area contributed by atoms with Gasteiger partial charge in [0, 0.05) is 11.8 Å². The van der Waals surface area contributed by atoms with Gasteiger partial charge in [-0.25, -0.2) is 4.79 Å². The Labute approximate surface area is 166 Å². The highest BCUT2D eigenvalue weighted by atomic mass is 35.5. The first-order valence-electron chi connectivity index (χ1n) is 7.57. The molecule has 0 aliphatic heterocycles. The fraction of sp³-hybridized carbons (Fsp3) is 0.222. The number of carbonyl (C=O) groups excluding carboxylic acids is 2. The summed E-state index contributed by atoms with van der Waals surface area (Å²) in [5, 5.41) is 3.44. The molecule has 1 N–H and O–H groups in total. The van der Waals surface area contributed by atoms with E-state index in [1.54, 1.807) is 0 Å². The van der Waals surface area contributed by atoms with E-state index in [4.69, 9.17) is 44.3 Å². The summed E-state index contributed by atoms with van der Waals surface area (Å²) in [7, 11) is 0. The van der Waals surface area contributed by atoms with Gasteiger partial charge in [-0.1, -0.05) is 53.0 Å². The zero-order chi connectivity index (χ0) is 19.3. The largest absolute Gasteiger partial charge is 0.480 e. The summed E-state index contributed by atoms with van der Waals surface area (Å²) in [6, 6.07) is 8.45. The van der Waals surface area contributed by atoms with Crippen LogP contribution in [0.5, 0.6) is 5.75 Å². The molecule has 2 aromatic carbocycles. The molecule has 8 heteroatoms. The summed E-state index contributed by atoms with van der Waals surface area (Å²) in [5.74, 6) is -0.967. The SMILES string of the molecule is Cc1cccc(C)c1NC(=O)COC(=O)COc1cc(Cl)c(Cl)cc1Cl. The van der Waals surface area contributed by atoms with Crippen molar-refractivity contribution in [1.82, 2.24) is 0 Å². The Balaban J connectivity index is 1.83. The highest BCUT2D eigenvalue weighted by Gasteiger charge is 2.13. The number of nitrogens with one attached hydrogen (secondary N) is 1. The molecule has 2 aromatic rings. The number of anilines is 1. The topological polar surface area (TPSA) is 64.6 Å². The van der Waals surface area contributed by atoms with Crippen LogP contribution in [0.2, 0.25) is 15.1 Å². The molecule has 0 atom stereocenters. The van der Waals surface area contributed by atoms with Crippen LogP contribution in [0.15, 0.2) is 30.3 Å². The number of amides is 1. The van der Waals surface area contributed by atoms with Crippen molar-refractivity contribution in [3.05, 3.63) is 56.5 Å². The number of esters is 1. The summed E-state index contributed by atoms with van der Waals surface area (Å²) >= 11 is 17.6. The third-order valence-corrected chi connectivity index (χ3v) is 4.45. The van der Waals surface area contributed by atoms with Crippen molar-refractivity contribution >= 4 is 52.4 Å². The van der Waals surface area contributed by atoms with Crippen LogP contribution in [0.4, 0.5) is 5.69 Å². The molecule has 5 nitrogen and oxygen atoms in total. The van der Waals surface area contributed by atoms with Gasteiger partial charge in [0.15, 0.2) is 13.2 Å². The van der Waals surface area contributed by atoms with E-state index < -0.39 is 25.1 Å². The van der Waals surface area contributed by atoms with E-state index in [-0.39, 0.29) is 20.8 Å². The highest BCUT2D eigenvalue weighted by Crippen LogP contribution is 2.33. The van der Waals surface area contributed by atoms with Crippen molar-refractivity contribution in [3.8, 4) is 5.75 Å². The maximum absolute atomic E-state index is 11.9. The Hall–Kier alpha value is -1.95. The van der Waals surface area contributed by atoms with Crippen molar-refractivity contribution in [3.63, 3.8) is 0 Å². The molecule has 0 saturated carbocycles. The molecule has 0 saturated heterocycles. The van der Waals surface area contributed by atoms with Gasteiger partial charge in [-0.3, -0.25) is 4.79 Å². The third kappa shape index (κ3) is 5.53. The first-order chi connectivity index (χ1) is 12.3. The van der Waals surface area contributed by atoms with E-state index in [0.29, 0.717) is 5.69 Å². The summed E-state index contributed by atoms with van der Waals surface area (Å²) in [5.41, 5.74) is 2.54. The quantitative estimate of drug-likeness (QED) is 0.541. The zero-order valence-corrected chi connectivity index (χ0v) is 16.3. The maximum Gasteiger partial charge on any atom is 0.344 e. The normalized spacial score (nSPS) is 10.3. The Bertz CT molecular complexity index is 819. The lowest BCUT2D eigenvalue weighted by atomic mass is 10.1. The second-order valence-electron chi connectivity index (χ2n) is 5.46. The number of aryl methyl sites for hydroxylation is 2. The Morgan fingerprint density at radius 1 is 0.962 bits per heavy atom. The van der Waals surface area contributed by atoms with Crippen LogP contribution < -0.4 is 10.1 Å². The first-order valence-corrected chi connectivity index (χ1v) is 8.70. The minimum absolute atomic E-state index is 0.193. The molecule has 0 unspecified atom stereocenters. The van der Waals surface area contributed by atoms with Gasteiger partial charge >= 0.3 is 5.97 Å². The summed E-state index contributed by atoms with van der Waals surface area (Å²) in [4.78, 5) is 23.7. The maximum atomic E-state index is 11.9. The number of hydrogen-bond acceptors (Lipinski definition) is 4. The summed E-state index contributed by atoms with van der Waals surface area (Å²) < 4.78 is 10.1. The average molecular weight is 417 g/mol. The monoisotopic (exact) mass is 415 g/mol. The minimum atomic E-state index is -0.719. The van der Waals surface area contributed by atoms with Crippen molar-refractivity contribution in [1.29, 1.82) is 0 Å². The molecule has 1 amide bonds. The first kappa shape index (κ1) is 20.4. The van der Waals surface area contributed by atoms with E-state index in [1.807, 2.05) is 32.0 Å². The van der Waals surface area contributed by atoms with Gasteiger partial charge in [0.2, 0.25) is 0 Å². The smallest absolute Gasteiger partial charge is 0.344 e. The summed E-state index contributed by atoms with van der Waals surface area (Å²) in [6.07, 6.45) is 0. The Kier molecular flexibility index (Phi) is 7.14. The van der Waals surface area contributed by atoms with Crippen molar-refractivity contribution in [2.24, 2.45) is 0 Å². The fourth-order valence-electron chi connectivity index (χ4n) is 2.13. The van der Waals surface area contributed by atoms with E-state index >= 15 is 0 Å². The number of para-hydroxylation sites is 1. The second-order valence-corrected chi connectivity index (χ2v) is 6.68. The number of halogens is 3. The van der Waals surface area contributed by atoms with E-state index in [1.165, 1.54) is 12.1 Å². The lowest BCUT2D eigenvalue weighted by Crippen LogP contribution is -2.24. The standard InChI is InChI=1S/C18H16Cl3NO4/c1-10-4-3-5-11(2)18(10)22-16(23)8-26-17(24)9-25-15-7-13(20)12(19)6-14(15)21/h3-7H,8-9H2,1-2H3,(H,22,23). The van der Waals surface area contributed by atoms with Gasteiger partial charge in [0.25, 0.3) is 5.91 Å². The lowest BCUT2D eigenvalue weighted by molar-refractivity contribution is -0.149. The van der Waals surface area contributed by atoms with Crippen LogP contribution in [-0.2, 0) is 14.3 Å². The molecule has 0 heterocycles. The molecular weight excluding hydrogens is 401 g/mol. The van der Waals surface area contributed by atoms with Gasteiger partial charge in [-0.15, -0.1) is 0 Å². The van der Waals surface area contributed by atoms with Gasteiger partial charge in [-0.2, -0.15) is 0 Å². The molecule has 0 spiro atoms. The number of rotatable bonds is 6. The van der Waals surface area contributed by atoms with Crippen LogP contribution in [0.3, 0.4) is 0 Å². The fourth-order valence-corrected chi connectivity index (χ4v) is 2.72. The van der Waals surface area contributed by atoms with Gasteiger partial charge < -0.3 is 14.8 Å². The molecule has 2 rings (SSSR count). The molecule has 0 aliphatic rings. The Morgan fingerprint density at radius 3 is 2.23 bits per heavy atom. The van der Waals surface area contributed by atoms with E-state index in [9.17, 15) is 9.59 Å². The average Bonchev–Trinajstić information content (AvgIpc) is 2.58. The van der Waals surface area contributed by atoms with Crippen LogP contribution in [0, 0.1) is 13.8 Å². The molecule has 26 heavy (non-hydrogen) atoms. The van der Waals surface area contributed by atoms with Gasteiger partial charge in [-0.05, 0) is 31.0 Å². The number of ether oxygens (including phenoxy) is 2.